The molecule has 0 aliphatic carbocycles. The number of hydrogen-bond donors (Lipinski definition) is 0. The van der Waals surface area contributed by atoms with Crippen LogP contribution in [0, 0.1) is 0 Å². The van der Waals surface area contributed by atoms with E-state index in [1.54, 1.807) is 49.8 Å². The molecular weight excluding hydrogens is 360 g/mol. The van der Waals surface area contributed by atoms with Crippen molar-refractivity contribution >= 4 is 0 Å². The second-order valence-corrected chi connectivity index (χ2v) is 6.50. The average molecular weight is 396 g/mol. The van der Waals surface area contributed by atoms with Gasteiger partial charge in [0.2, 0.25) is 0 Å². The van der Waals surface area contributed by atoms with E-state index in [1.807, 2.05) is 6.92 Å². The fraction of sp³-hybridized carbons (Fsp3) is 1.00. The molecule has 1 aliphatic rings. The first-order chi connectivity index (χ1) is 13.0. The summed E-state index contributed by atoms with van der Waals surface area (Å²) in [5.41, 5.74) is -0.884. The van der Waals surface area contributed by atoms with Crippen LogP contribution in [0.2, 0.25) is 0 Å². The first-order valence-electron chi connectivity index (χ1n) is 8.89. The molecule has 1 rings (SSSR count). The van der Waals surface area contributed by atoms with Gasteiger partial charge in [-0.1, -0.05) is 0 Å². The van der Waals surface area contributed by atoms with E-state index in [0.717, 1.165) is 0 Å². The van der Waals surface area contributed by atoms with Crippen LogP contribution in [0.1, 0.15) is 6.92 Å². The molecule has 0 aromatic carbocycles. The molecule has 162 valence electrons. The van der Waals surface area contributed by atoms with E-state index in [-0.39, 0.29) is 31.5 Å². The summed E-state index contributed by atoms with van der Waals surface area (Å²) in [5, 5.41) is 0. The maximum absolute atomic E-state index is 6.10. The van der Waals surface area contributed by atoms with Crippen LogP contribution in [0.4, 0.5) is 0 Å². The van der Waals surface area contributed by atoms with Crippen molar-refractivity contribution in [3.63, 3.8) is 0 Å². The predicted molar refractivity (Wildman–Crippen MR) is 97.0 cm³/mol. The highest BCUT2D eigenvalue weighted by Gasteiger charge is 2.48. The Kier molecular flexibility index (Phi) is 11.2. The summed E-state index contributed by atoms with van der Waals surface area (Å²) in [6.07, 6.45) is -2.41. The van der Waals surface area contributed by atoms with Gasteiger partial charge in [-0.2, -0.15) is 0 Å². The van der Waals surface area contributed by atoms with Crippen LogP contribution < -0.4 is 0 Å². The molecule has 9 nitrogen and oxygen atoms in total. The molecule has 0 aromatic heterocycles. The fourth-order valence-electron chi connectivity index (χ4n) is 3.48. The third kappa shape index (κ3) is 5.81. The summed E-state index contributed by atoms with van der Waals surface area (Å²) in [5.74, 6) is 0. The summed E-state index contributed by atoms with van der Waals surface area (Å²) >= 11 is 0. The molecule has 9 heteroatoms. The minimum absolute atomic E-state index is 0.143. The van der Waals surface area contributed by atoms with Crippen LogP contribution in [-0.2, 0) is 42.6 Å². The predicted octanol–water partition coefficient (Wildman–Crippen LogP) is 0.486. The molecule has 0 saturated carbocycles. The Morgan fingerprint density at radius 1 is 0.815 bits per heavy atom. The highest BCUT2D eigenvalue weighted by atomic mass is 16.7. The lowest BCUT2D eigenvalue weighted by molar-refractivity contribution is -0.318. The lowest BCUT2D eigenvalue weighted by Gasteiger charge is -2.45. The van der Waals surface area contributed by atoms with E-state index >= 15 is 0 Å². The van der Waals surface area contributed by atoms with Crippen molar-refractivity contribution in [1.29, 1.82) is 0 Å². The summed E-state index contributed by atoms with van der Waals surface area (Å²) < 4.78 is 50.7. The van der Waals surface area contributed by atoms with Crippen molar-refractivity contribution in [2.75, 3.05) is 69.6 Å². The molecular formula is C18H36O9. The lowest BCUT2D eigenvalue weighted by atomic mass is 9.97. The smallest absolute Gasteiger partial charge is 0.186 e. The molecule has 0 aromatic rings. The van der Waals surface area contributed by atoms with Gasteiger partial charge in [0.15, 0.2) is 6.29 Å². The zero-order valence-electron chi connectivity index (χ0n) is 17.8. The van der Waals surface area contributed by atoms with Crippen LogP contribution in [0.5, 0.6) is 0 Å². The zero-order valence-corrected chi connectivity index (χ0v) is 17.8. The van der Waals surface area contributed by atoms with Crippen molar-refractivity contribution in [2.45, 2.75) is 49.3 Å². The Bertz CT molecular complexity index is 397. The number of hydrogen-bond acceptors (Lipinski definition) is 9. The van der Waals surface area contributed by atoms with Gasteiger partial charge in [0.05, 0.1) is 25.9 Å². The first kappa shape index (κ1) is 24.7. The normalized spacial score (nSPS) is 32.2. The minimum Gasteiger partial charge on any atom is -0.382 e. The highest BCUT2D eigenvalue weighted by molar-refractivity contribution is 4.93. The van der Waals surface area contributed by atoms with E-state index in [9.17, 15) is 0 Å². The van der Waals surface area contributed by atoms with Crippen LogP contribution >= 0.6 is 0 Å². The van der Waals surface area contributed by atoms with Crippen LogP contribution in [-0.4, -0.2) is 112 Å². The second kappa shape index (κ2) is 12.3. The summed E-state index contributed by atoms with van der Waals surface area (Å²) in [7, 11) is 11.2. The van der Waals surface area contributed by atoms with E-state index in [1.165, 1.54) is 0 Å². The molecule has 7 unspecified atom stereocenters. The largest absolute Gasteiger partial charge is 0.382 e. The monoisotopic (exact) mass is 396 g/mol. The Morgan fingerprint density at radius 3 is 1.89 bits per heavy atom. The Morgan fingerprint density at radius 2 is 1.44 bits per heavy atom. The Hall–Kier alpha value is -0.360. The van der Waals surface area contributed by atoms with Gasteiger partial charge in [-0.05, 0) is 6.92 Å². The van der Waals surface area contributed by atoms with Crippen molar-refractivity contribution in [3.05, 3.63) is 0 Å². The van der Waals surface area contributed by atoms with Gasteiger partial charge in [-0.3, -0.25) is 0 Å². The van der Waals surface area contributed by atoms with Crippen molar-refractivity contribution in [1.82, 2.24) is 0 Å². The molecule has 0 bridgehead atoms. The second-order valence-electron chi connectivity index (χ2n) is 6.50. The van der Waals surface area contributed by atoms with Gasteiger partial charge < -0.3 is 42.6 Å². The van der Waals surface area contributed by atoms with Crippen LogP contribution in [0.15, 0.2) is 0 Å². The van der Waals surface area contributed by atoms with Gasteiger partial charge in [0.1, 0.15) is 30.0 Å². The van der Waals surface area contributed by atoms with Gasteiger partial charge in [-0.15, -0.1) is 0 Å². The fourth-order valence-corrected chi connectivity index (χ4v) is 3.48. The topological polar surface area (TPSA) is 83.1 Å². The van der Waals surface area contributed by atoms with Crippen molar-refractivity contribution < 1.29 is 42.6 Å². The Labute approximate surface area is 162 Å². The van der Waals surface area contributed by atoms with E-state index in [2.05, 4.69) is 0 Å². The molecule has 1 fully saturated rings. The summed E-state index contributed by atoms with van der Waals surface area (Å²) in [6, 6.07) is 0. The molecule has 0 N–H and O–H groups in total. The molecule has 7 atom stereocenters. The van der Waals surface area contributed by atoms with E-state index < -0.39 is 24.1 Å². The third-order valence-corrected chi connectivity index (χ3v) is 5.02. The summed E-state index contributed by atoms with van der Waals surface area (Å²) in [4.78, 5) is 0. The highest BCUT2D eigenvalue weighted by Crippen LogP contribution is 2.29. The van der Waals surface area contributed by atoms with E-state index in [4.69, 9.17) is 42.6 Å². The lowest BCUT2D eigenvalue weighted by Crippen LogP contribution is -2.61. The van der Waals surface area contributed by atoms with Gasteiger partial charge in [-0.25, -0.2) is 0 Å². The quantitative estimate of drug-likeness (QED) is 0.441. The van der Waals surface area contributed by atoms with Crippen LogP contribution in [0.3, 0.4) is 0 Å². The van der Waals surface area contributed by atoms with E-state index in [0.29, 0.717) is 6.61 Å². The van der Waals surface area contributed by atoms with Crippen molar-refractivity contribution in [2.24, 2.45) is 0 Å². The standard InChI is InChI=1S/C18H36O9/c1-12-14(22-5)15(23-6)16(24-7)17(27-12)26-11-18(25-8,10-20-3)13(21-4)9-19-2/h12-17H,9-11H2,1-8H3. The third-order valence-electron chi connectivity index (χ3n) is 5.02. The molecule has 27 heavy (non-hydrogen) atoms. The number of ether oxygens (including phenoxy) is 9. The number of rotatable bonds is 13. The zero-order chi connectivity index (χ0) is 20.4. The van der Waals surface area contributed by atoms with Gasteiger partial charge in [0.25, 0.3) is 0 Å². The molecule has 1 saturated heterocycles. The number of methoxy groups -OCH3 is 7. The maximum atomic E-state index is 6.10. The SMILES string of the molecule is COCC(OC)C(COC)(COC1OC(C)C(OC)C(OC)C1OC)OC. The van der Waals surface area contributed by atoms with Gasteiger partial charge in [0, 0.05) is 49.8 Å². The molecule has 1 heterocycles. The molecule has 1 aliphatic heterocycles. The molecule has 0 spiro atoms. The van der Waals surface area contributed by atoms with Gasteiger partial charge >= 0.3 is 0 Å². The summed E-state index contributed by atoms with van der Waals surface area (Å²) in [6.45, 7) is 2.62. The maximum Gasteiger partial charge on any atom is 0.186 e. The van der Waals surface area contributed by atoms with Crippen LogP contribution in [0.25, 0.3) is 0 Å². The molecule has 0 amide bonds. The molecule has 0 radical (unpaired) electrons. The minimum atomic E-state index is -0.884. The Balaban J connectivity index is 2.97. The first-order valence-corrected chi connectivity index (χ1v) is 8.89. The average Bonchev–Trinajstić information content (AvgIpc) is 2.68. The van der Waals surface area contributed by atoms with Crippen molar-refractivity contribution in [3.8, 4) is 0 Å².